The summed E-state index contributed by atoms with van der Waals surface area (Å²) >= 11 is 0. The van der Waals surface area contributed by atoms with E-state index in [9.17, 15) is 9.59 Å². The average Bonchev–Trinajstić information content (AvgIpc) is 2.35. The molecular weight excluding hydrogens is 222 g/mol. The monoisotopic (exact) mass is 239 g/mol. The molecule has 1 aromatic rings. The normalized spacial score (nSPS) is 10.0. The van der Waals surface area contributed by atoms with Gasteiger partial charge in [-0.1, -0.05) is 0 Å². The van der Waals surface area contributed by atoms with Crippen LogP contribution < -0.4 is 21.3 Å². The van der Waals surface area contributed by atoms with Crippen LogP contribution in [0.1, 0.15) is 6.42 Å². The highest BCUT2D eigenvalue weighted by atomic mass is 16.5. The van der Waals surface area contributed by atoms with E-state index in [-0.39, 0.29) is 23.6 Å². The maximum Gasteiger partial charge on any atom is 0.292 e. The van der Waals surface area contributed by atoms with Gasteiger partial charge in [0, 0.05) is 32.3 Å². The van der Waals surface area contributed by atoms with Gasteiger partial charge in [0.1, 0.15) is 0 Å². The number of pyridine rings is 1. The van der Waals surface area contributed by atoms with E-state index in [4.69, 9.17) is 10.5 Å². The van der Waals surface area contributed by atoms with Crippen molar-refractivity contribution in [1.29, 1.82) is 0 Å². The lowest BCUT2D eigenvalue weighted by atomic mass is 10.3. The molecule has 0 spiro atoms. The number of hydrogen-bond acceptors (Lipinski definition) is 4. The summed E-state index contributed by atoms with van der Waals surface area (Å²) in [7, 11) is 1.44. The Morgan fingerprint density at radius 3 is 3.00 bits per heavy atom. The summed E-state index contributed by atoms with van der Waals surface area (Å²) in [6.07, 6.45) is 1.87. The van der Waals surface area contributed by atoms with E-state index in [0.717, 1.165) is 0 Å². The lowest BCUT2D eigenvalue weighted by Gasteiger charge is -2.07. The Kier molecular flexibility index (Phi) is 5.22. The number of carbonyl (C=O) groups is 1. The van der Waals surface area contributed by atoms with Gasteiger partial charge in [-0.25, -0.2) is 0 Å². The Morgan fingerprint density at radius 1 is 1.59 bits per heavy atom. The molecule has 0 bridgehead atoms. The van der Waals surface area contributed by atoms with Gasteiger partial charge >= 0.3 is 0 Å². The molecule has 0 saturated carbocycles. The molecule has 0 atom stereocenters. The molecule has 3 N–H and O–H groups in total. The van der Waals surface area contributed by atoms with Crippen LogP contribution in [-0.2, 0) is 11.3 Å². The van der Waals surface area contributed by atoms with Gasteiger partial charge in [0.2, 0.25) is 5.91 Å². The number of nitrogens with one attached hydrogen (secondary N) is 1. The zero-order valence-electron chi connectivity index (χ0n) is 9.81. The summed E-state index contributed by atoms with van der Waals surface area (Å²) in [5, 5.41) is 2.64. The summed E-state index contributed by atoms with van der Waals surface area (Å²) in [4.78, 5) is 23.0. The summed E-state index contributed by atoms with van der Waals surface area (Å²) in [5.74, 6) is 0.153. The smallest absolute Gasteiger partial charge is 0.292 e. The quantitative estimate of drug-likeness (QED) is 0.688. The van der Waals surface area contributed by atoms with E-state index in [0.29, 0.717) is 19.6 Å². The molecule has 6 nitrogen and oxygen atoms in total. The summed E-state index contributed by atoms with van der Waals surface area (Å²) in [5.41, 5.74) is 5.03. The van der Waals surface area contributed by atoms with Crippen molar-refractivity contribution in [2.75, 3.05) is 20.2 Å². The van der Waals surface area contributed by atoms with Crippen molar-refractivity contribution in [2.24, 2.45) is 5.73 Å². The largest absolute Gasteiger partial charge is 0.491 e. The predicted octanol–water partition coefficient (Wildman–Crippen LogP) is -0.678. The van der Waals surface area contributed by atoms with Gasteiger partial charge in [-0.15, -0.1) is 0 Å². The van der Waals surface area contributed by atoms with Crippen molar-refractivity contribution in [3.63, 3.8) is 0 Å². The number of amides is 1. The van der Waals surface area contributed by atoms with Gasteiger partial charge in [0.05, 0.1) is 7.11 Å². The minimum atomic E-state index is -0.235. The minimum absolute atomic E-state index is 0.120. The molecular formula is C11H17N3O3. The lowest BCUT2D eigenvalue weighted by molar-refractivity contribution is -0.121. The van der Waals surface area contributed by atoms with Gasteiger partial charge in [0.25, 0.3) is 5.56 Å². The van der Waals surface area contributed by atoms with Crippen LogP contribution in [0, 0.1) is 0 Å². The second-order valence-corrected chi connectivity index (χ2v) is 3.46. The number of rotatable bonds is 6. The molecule has 1 amide bonds. The van der Waals surface area contributed by atoms with E-state index >= 15 is 0 Å². The fourth-order valence-corrected chi connectivity index (χ4v) is 1.37. The van der Waals surface area contributed by atoms with Gasteiger partial charge < -0.3 is 20.4 Å². The van der Waals surface area contributed by atoms with E-state index in [2.05, 4.69) is 5.32 Å². The van der Waals surface area contributed by atoms with Gasteiger partial charge in [-0.3, -0.25) is 9.59 Å². The molecule has 0 saturated heterocycles. The first-order valence-corrected chi connectivity index (χ1v) is 5.39. The minimum Gasteiger partial charge on any atom is -0.491 e. The average molecular weight is 239 g/mol. The third-order valence-corrected chi connectivity index (χ3v) is 2.25. The van der Waals surface area contributed by atoms with Crippen LogP contribution in [0.15, 0.2) is 23.1 Å². The highest BCUT2D eigenvalue weighted by Gasteiger charge is 2.05. The summed E-state index contributed by atoms with van der Waals surface area (Å²) in [6, 6.07) is 3.30. The van der Waals surface area contributed by atoms with Gasteiger partial charge in [0.15, 0.2) is 5.75 Å². The Balaban J connectivity index is 2.58. The molecule has 94 valence electrons. The standard InChI is InChI=1S/C11H17N3O3/c1-17-9-3-2-7-14(11(9)16)8-4-10(15)13-6-5-12/h2-3,7H,4-6,8,12H2,1H3,(H,13,15). The highest BCUT2D eigenvalue weighted by Crippen LogP contribution is 2.00. The van der Waals surface area contributed by atoms with Crippen molar-refractivity contribution in [1.82, 2.24) is 9.88 Å². The van der Waals surface area contributed by atoms with E-state index in [1.807, 2.05) is 0 Å². The van der Waals surface area contributed by atoms with E-state index in [1.165, 1.54) is 11.7 Å². The molecule has 0 aliphatic heterocycles. The number of methoxy groups -OCH3 is 1. The van der Waals surface area contributed by atoms with Gasteiger partial charge in [-0.2, -0.15) is 0 Å². The number of ether oxygens (including phenoxy) is 1. The van der Waals surface area contributed by atoms with Crippen LogP contribution in [-0.4, -0.2) is 30.7 Å². The fourth-order valence-electron chi connectivity index (χ4n) is 1.37. The first-order chi connectivity index (χ1) is 8.19. The third-order valence-electron chi connectivity index (χ3n) is 2.25. The number of nitrogens with two attached hydrogens (primary N) is 1. The molecule has 0 radical (unpaired) electrons. The molecule has 1 rings (SSSR count). The molecule has 1 aromatic heterocycles. The van der Waals surface area contributed by atoms with Crippen LogP contribution in [0.3, 0.4) is 0 Å². The fraction of sp³-hybridized carbons (Fsp3) is 0.455. The SMILES string of the molecule is COc1cccn(CCC(=O)NCCN)c1=O. The zero-order valence-corrected chi connectivity index (χ0v) is 9.81. The van der Waals surface area contributed by atoms with Gasteiger partial charge in [-0.05, 0) is 12.1 Å². The van der Waals surface area contributed by atoms with E-state index < -0.39 is 0 Å². The van der Waals surface area contributed by atoms with Crippen molar-refractivity contribution in [3.8, 4) is 5.75 Å². The van der Waals surface area contributed by atoms with Crippen molar-refractivity contribution >= 4 is 5.91 Å². The molecule has 0 aliphatic rings. The van der Waals surface area contributed by atoms with E-state index in [1.54, 1.807) is 18.3 Å². The number of carbonyl (C=O) groups excluding carboxylic acids is 1. The van der Waals surface area contributed by atoms with Crippen LogP contribution in [0.25, 0.3) is 0 Å². The highest BCUT2D eigenvalue weighted by molar-refractivity contribution is 5.75. The number of aromatic nitrogens is 1. The Hall–Kier alpha value is -1.82. The van der Waals surface area contributed by atoms with Crippen molar-refractivity contribution in [2.45, 2.75) is 13.0 Å². The first kappa shape index (κ1) is 13.2. The first-order valence-electron chi connectivity index (χ1n) is 5.39. The third kappa shape index (κ3) is 3.92. The van der Waals surface area contributed by atoms with Crippen LogP contribution in [0.5, 0.6) is 5.75 Å². The molecule has 6 heteroatoms. The Labute approximate surface area is 99.4 Å². The van der Waals surface area contributed by atoms with Crippen LogP contribution in [0.2, 0.25) is 0 Å². The van der Waals surface area contributed by atoms with Crippen molar-refractivity contribution < 1.29 is 9.53 Å². The maximum atomic E-state index is 11.7. The molecule has 0 aromatic carbocycles. The van der Waals surface area contributed by atoms with Crippen molar-refractivity contribution in [3.05, 3.63) is 28.7 Å². The lowest BCUT2D eigenvalue weighted by Crippen LogP contribution is -2.31. The number of hydrogen-bond donors (Lipinski definition) is 2. The molecule has 0 unspecified atom stereocenters. The molecule has 0 fully saturated rings. The summed E-state index contributed by atoms with van der Waals surface area (Å²) < 4.78 is 6.35. The maximum absolute atomic E-state index is 11.7. The van der Waals surface area contributed by atoms with Crippen LogP contribution in [0.4, 0.5) is 0 Å². The Morgan fingerprint density at radius 2 is 2.35 bits per heavy atom. The molecule has 0 aliphatic carbocycles. The number of nitrogens with zero attached hydrogens (tertiary/aromatic N) is 1. The topological polar surface area (TPSA) is 86.3 Å². The Bertz CT molecular complexity index is 428. The second kappa shape index (κ2) is 6.70. The predicted molar refractivity (Wildman–Crippen MR) is 63.9 cm³/mol. The molecule has 1 heterocycles. The zero-order chi connectivity index (χ0) is 12.7. The summed E-state index contributed by atoms with van der Waals surface area (Å²) in [6.45, 7) is 1.18. The number of aryl methyl sites for hydroxylation is 1. The van der Waals surface area contributed by atoms with Crippen LogP contribution >= 0.6 is 0 Å². The second-order valence-electron chi connectivity index (χ2n) is 3.46. The molecule has 17 heavy (non-hydrogen) atoms.